The predicted molar refractivity (Wildman–Crippen MR) is 82.4 cm³/mol. The maximum atomic E-state index is 12.0. The van der Waals surface area contributed by atoms with Crippen molar-refractivity contribution in [1.29, 1.82) is 0 Å². The fraction of sp³-hybridized carbons (Fsp3) is 0. The number of benzene rings is 1. The first-order valence-electron chi connectivity index (χ1n) is 6.09. The molecule has 0 spiro atoms. The number of anilines is 1. The van der Waals surface area contributed by atoms with E-state index >= 15 is 0 Å². The zero-order chi connectivity index (χ0) is 14.8. The van der Waals surface area contributed by atoms with Crippen molar-refractivity contribution in [1.82, 2.24) is 4.98 Å². The van der Waals surface area contributed by atoms with Gasteiger partial charge in [-0.05, 0) is 18.2 Å². The Labute approximate surface area is 123 Å². The average Bonchev–Trinajstić information content (AvgIpc) is 2.94. The van der Waals surface area contributed by atoms with E-state index in [0.29, 0.717) is 22.0 Å². The number of carbonyl (C=O) groups excluding carboxylic acids is 1. The third-order valence-corrected chi connectivity index (χ3v) is 3.59. The molecule has 0 radical (unpaired) electrons. The molecule has 0 saturated carbocycles. The smallest absolute Gasteiger partial charge is 0.345 e. The minimum Gasteiger partial charge on any atom is -0.422 e. The quantitative estimate of drug-likeness (QED) is 0.596. The Morgan fingerprint density at radius 2 is 2.19 bits per heavy atom. The van der Waals surface area contributed by atoms with Gasteiger partial charge in [-0.25, -0.2) is 9.78 Å². The van der Waals surface area contributed by atoms with Crippen molar-refractivity contribution in [3.8, 4) is 11.3 Å². The normalized spacial score (nSPS) is 10.5. The highest BCUT2D eigenvalue weighted by Crippen LogP contribution is 2.25. The molecule has 0 unspecified atom stereocenters. The number of fused-ring (bicyclic) bond motifs is 1. The standard InChI is InChI=1S/C15H10N2O3S/c1-2-13(18)17-15-16-11(8-21-15)10-7-9-5-3-4-6-12(9)20-14(10)19/h2-8H,1H2,(H,16,17,18). The Hall–Kier alpha value is -2.73. The number of hydrogen-bond acceptors (Lipinski definition) is 5. The van der Waals surface area contributed by atoms with Gasteiger partial charge in [0.25, 0.3) is 0 Å². The second-order valence-electron chi connectivity index (χ2n) is 4.22. The summed E-state index contributed by atoms with van der Waals surface area (Å²) in [5.41, 5.74) is 0.908. The van der Waals surface area contributed by atoms with Crippen molar-refractivity contribution in [2.45, 2.75) is 0 Å². The molecule has 21 heavy (non-hydrogen) atoms. The highest BCUT2D eigenvalue weighted by molar-refractivity contribution is 7.14. The lowest BCUT2D eigenvalue weighted by Gasteiger charge is -1.99. The van der Waals surface area contributed by atoms with E-state index in [4.69, 9.17) is 4.42 Å². The molecule has 0 fully saturated rings. The van der Waals surface area contributed by atoms with E-state index in [9.17, 15) is 9.59 Å². The van der Waals surface area contributed by atoms with Crippen LogP contribution in [0.4, 0.5) is 5.13 Å². The molecule has 6 heteroatoms. The summed E-state index contributed by atoms with van der Waals surface area (Å²) in [5.74, 6) is -0.346. The summed E-state index contributed by atoms with van der Waals surface area (Å²) in [7, 11) is 0. The third-order valence-electron chi connectivity index (χ3n) is 2.84. The van der Waals surface area contributed by atoms with Gasteiger partial charge in [0, 0.05) is 10.8 Å². The molecule has 1 amide bonds. The minimum atomic E-state index is -0.458. The van der Waals surface area contributed by atoms with E-state index < -0.39 is 5.63 Å². The number of amides is 1. The summed E-state index contributed by atoms with van der Waals surface area (Å²) >= 11 is 1.23. The van der Waals surface area contributed by atoms with Crippen LogP contribution in [0.2, 0.25) is 0 Å². The second-order valence-corrected chi connectivity index (χ2v) is 5.07. The number of nitrogens with zero attached hydrogens (tertiary/aromatic N) is 1. The topological polar surface area (TPSA) is 72.2 Å². The molecular formula is C15H10N2O3S. The average molecular weight is 298 g/mol. The molecule has 2 heterocycles. The summed E-state index contributed by atoms with van der Waals surface area (Å²) in [6, 6.07) is 8.99. The monoisotopic (exact) mass is 298 g/mol. The summed E-state index contributed by atoms with van der Waals surface area (Å²) in [4.78, 5) is 27.5. The van der Waals surface area contributed by atoms with E-state index in [1.54, 1.807) is 23.6 Å². The van der Waals surface area contributed by atoms with E-state index in [2.05, 4.69) is 16.9 Å². The van der Waals surface area contributed by atoms with Gasteiger partial charge in [-0.15, -0.1) is 11.3 Å². The number of aromatic nitrogens is 1. The minimum absolute atomic E-state index is 0.346. The predicted octanol–water partition coefficient (Wildman–Crippen LogP) is 3.04. The number of carbonyl (C=O) groups is 1. The Kier molecular flexibility index (Phi) is 3.37. The first kappa shape index (κ1) is 13.3. The summed E-state index contributed by atoms with van der Waals surface area (Å²) in [6.07, 6.45) is 1.16. The molecule has 5 nitrogen and oxygen atoms in total. The van der Waals surface area contributed by atoms with E-state index in [0.717, 1.165) is 11.5 Å². The van der Waals surface area contributed by atoms with Gasteiger partial charge in [0.05, 0.1) is 11.3 Å². The van der Waals surface area contributed by atoms with Crippen LogP contribution in [-0.4, -0.2) is 10.9 Å². The fourth-order valence-electron chi connectivity index (χ4n) is 1.85. The van der Waals surface area contributed by atoms with Gasteiger partial charge in [-0.1, -0.05) is 24.8 Å². The molecule has 2 aromatic heterocycles. The van der Waals surface area contributed by atoms with Gasteiger partial charge in [-0.2, -0.15) is 0 Å². The van der Waals surface area contributed by atoms with E-state index in [1.807, 2.05) is 12.1 Å². The van der Waals surface area contributed by atoms with Gasteiger partial charge in [-0.3, -0.25) is 10.1 Å². The lowest BCUT2D eigenvalue weighted by Crippen LogP contribution is -2.07. The van der Waals surface area contributed by atoms with E-state index in [-0.39, 0.29) is 5.91 Å². The summed E-state index contributed by atoms with van der Waals surface area (Å²) in [6.45, 7) is 3.37. The molecule has 0 bridgehead atoms. The maximum Gasteiger partial charge on any atom is 0.345 e. The molecule has 1 aromatic carbocycles. The Bertz CT molecular complexity index is 895. The largest absolute Gasteiger partial charge is 0.422 e. The van der Waals surface area contributed by atoms with Crippen LogP contribution in [-0.2, 0) is 4.79 Å². The Morgan fingerprint density at radius 1 is 1.38 bits per heavy atom. The summed E-state index contributed by atoms with van der Waals surface area (Å²) in [5, 5.41) is 5.47. The second kappa shape index (κ2) is 5.34. The number of thiazole rings is 1. The molecule has 0 aliphatic carbocycles. The maximum absolute atomic E-state index is 12.0. The molecular weight excluding hydrogens is 288 g/mol. The number of nitrogens with one attached hydrogen (secondary N) is 1. The number of rotatable bonds is 3. The number of hydrogen-bond donors (Lipinski definition) is 1. The van der Waals surface area contributed by atoms with Crippen molar-refractivity contribution in [2.24, 2.45) is 0 Å². The molecule has 0 saturated heterocycles. The SMILES string of the molecule is C=CC(=O)Nc1nc(-c2cc3ccccc3oc2=O)cs1. The fourth-order valence-corrected chi connectivity index (χ4v) is 2.57. The van der Waals surface area contributed by atoms with Crippen LogP contribution in [0.15, 0.2) is 57.6 Å². The summed E-state index contributed by atoms with van der Waals surface area (Å²) < 4.78 is 5.26. The van der Waals surface area contributed by atoms with Crippen LogP contribution in [0, 0.1) is 0 Å². The molecule has 104 valence electrons. The van der Waals surface area contributed by atoms with Crippen molar-refractivity contribution in [3.05, 3.63) is 58.8 Å². The highest BCUT2D eigenvalue weighted by atomic mass is 32.1. The molecule has 3 rings (SSSR count). The van der Waals surface area contributed by atoms with Crippen LogP contribution in [0.1, 0.15) is 0 Å². The van der Waals surface area contributed by atoms with Crippen LogP contribution in [0.3, 0.4) is 0 Å². The van der Waals surface area contributed by atoms with Crippen molar-refractivity contribution in [2.75, 3.05) is 5.32 Å². The number of para-hydroxylation sites is 1. The van der Waals surface area contributed by atoms with Crippen molar-refractivity contribution >= 4 is 33.3 Å². The highest BCUT2D eigenvalue weighted by Gasteiger charge is 2.12. The van der Waals surface area contributed by atoms with Crippen LogP contribution in [0.25, 0.3) is 22.2 Å². The molecule has 3 aromatic rings. The first-order valence-corrected chi connectivity index (χ1v) is 6.97. The molecule has 0 atom stereocenters. The first-order chi connectivity index (χ1) is 10.2. The molecule has 1 N–H and O–H groups in total. The zero-order valence-corrected chi connectivity index (χ0v) is 11.6. The van der Waals surface area contributed by atoms with Crippen molar-refractivity contribution < 1.29 is 9.21 Å². The van der Waals surface area contributed by atoms with Gasteiger partial charge in [0.15, 0.2) is 5.13 Å². The van der Waals surface area contributed by atoms with Gasteiger partial charge >= 0.3 is 5.63 Å². The Balaban J connectivity index is 2.04. The van der Waals surface area contributed by atoms with Gasteiger partial charge in [0.1, 0.15) is 5.58 Å². The molecule has 0 aliphatic rings. The zero-order valence-electron chi connectivity index (χ0n) is 10.8. The van der Waals surface area contributed by atoms with Crippen LogP contribution in [0.5, 0.6) is 0 Å². The van der Waals surface area contributed by atoms with Gasteiger partial charge < -0.3 is 4.42 Å². The lowest BCUT2D eigenvalue weighted by molar-refractivity contribution is -0.111. The van der Waals surface area contributed by atoms with E-state index in [1.165, 1.54) is 11.3 Å². The van der Waals surface area contributed by atoms with Crippen LogP contribution < -0.4 is 10.9 Å². The molecule has 0 aliphatic heterocycles. The Morgan fingerprint density at radius 3 is 3.00 bits per heavy atom. The third kappa shape index (κ3) is 2.61. The van der Waals surface area contributed by atoms with Crippen molar-refractivity contribution in [3.63, 3.8) is 0 Å². The van der Waals surface area contributed by atoms with Gasteiger partial charge in [0.2, 0.25) is 5.91 Å². The lowest BCUT2D eigenvalue weighted by atomic mass is 10.1. The van der Waals surface area contributed by atoms with Crippen LogP contribution >= 0.6 is 11.3 Å².